The zero-order valence-electron chi connectivity index (χ0n) is 40.3. The Bertz CT molecular complexity index is 3740. The van der Waals surface area contributed by atoms with Crippen molar-refractivity contribution in [2.75, 3.05) is 9.80 Å². The minimum absolute atomic E-state index is 0.410. The molecule has 0 bridgehead atoms. The number of nitrogens with zero attached hydrogens (tertiary/aromatic N) is 2. The lowest BCUT2D eigenvalue weighted by molar-refractivity contribution is 0.192. The van der Waals surface area contributed by atoms with Gasteiger partial charge in [-0.2, -0.15) is 0 Å². The molecular weight excluding hydrogens is 951 g/mol. The van der Waals surface area contributed by atoms with Gasteiger partial charge in [-0.15, -0.1) is 0 Å². The molecule has 2 nitrogen and oxygen atoms in total. The Balaban J connectivity index is 0.896. The molecule has 8 aromatic rings. The normalized spacial score (nSPS) is 23.7. The van der Waals surface area contributed by atoms with Gasteiger partial charge in [0.2, 0.25) is 11.6 Å². The molecule has 2 aliphatic heterocycles. The average molecular weight is 997 g/mol. The first-order valence-corrected chi connectivity index (χ1v) is 24.9. The number of halogens is 10. The van der Waals surface area contributed by atoms with Crippen molar-refractivity contribution in [2.45, 2.75) is 107 Å². The van der Waals surface area contributed by atoms with Crippen LogP contribution in [-0.4, -0.2) is 11.1 Å². The number of rotatable bonds is 4. The number of anilines is 4. The highest BCUT2D eigenvalue weighted by atomic mass is 19.2. The summed E-state index contributed by atoms with van der Waals surface area (Å²) in [6.07, 6.45) is 6.00. The molecule has 12 heteroatoms. The van der Waals surface area contributed by atoms with Crippen molar-refractivity contribution >= 4 is 44.3 Å². The lowest BCUT2D eigenvalue weighted by Gasteiger charge is -2.50. The van der Waals surface area contributed by atoms with Gasteiger partial charge < -0.3 is 9.80 Å². The Hall–Kier alpha value is -6.82. The summed E-state index contributed by atoms with van der Waals surface area (Å²) < 4.78 is 151. The van der Waals surface area contributed by atoms with Crippen molar-refractivity contribution < 1.29 is 43.9 Å². The van der Waals surface area contributed by atoms with E-state index in [-0.39, 0.29) is 0 Å². The summed E-state index contributed by atoms with van der Waals surface area (Å²) in [5.41, 5.74) is 5.17. The molecule has 4 unspecified atom stereocenters. The molecule has 0 radical (unpaired) electrons. The molecule has 0 amide bonds. The van der Waals surface area contributed by atoms with Gasteiger partial charge in [-0.3, -0.25) is 0 Å². The summed E-state index contributed by atoms with van der Waals surface area (Å²) in [6, 6.07) is 32.2. The number of benzene rings is 8. The van der Waals surface area contributed by atoms with E-state index in [0.29, 0.717) is 43.5 Å². The highest BCUT2D eigenvalue weighted by Crippen LogP contribution is 2.64. The molecule has 0 aromatic heterocycles. The van der Waals surface area contributed by atoms with Crippen molar-refractivity contribution in [3.8, 4) is 33.4 Å². The van der Waals surface area contributed by atoms with Crippen LogP contribution < -0.4 is 9.80 Å². The van der Waals surface area contributed by atoms with E-state index in [2.05, 4.69) is 48.5 Å². The molecule has 4 atom stereocenters. The standard InChI is InChI=1S/C61H46F10N2/c1-58-21-7-9-23-60(58,3)72(56-52(68)48(64)46(62)49(65)53(56)69)43-19-15-32(28-41(43)58)30-13-17-35-34(25-30)27-40-37-18-14-31(26-39(37)36-11-5-6-12-38(36)45(35)40)33-16-20-44-42(29-33)59(2)22-8-10-24-61(59,4)73(44)57-54(70)50(66)47(63)51(67)55(57)71/h5-6,11-20,25-26,28-29H,7-10,21-24,27H2,1-4H3. The molecule has 2 heterocycles. The minimum Gasteiger partial charge on any atom is -0.329 e. The van der Waals surface area contributed by atoms with Crippen LogP contribution in [0.2, 0.25) is 0 Å². The molecule has 2 saturated carbocycles. The van der Waals surface area contributed by atoms with Crippen LogP contribution in [0.5, 0.6) is 0 Å². The Morgan fingerprint density at radius 3 is 1.30 bits per heavy atom. The average Bonchev–Trinajstić information content (AvgIpc) is 3.97. The molecule has 3 aliphatic carbocycles. The van der Waals surface area contributed by atoms with E-state index in [1.165, 1.54) is 9.80 Å². The van der Waals surface area contributed by atoms with E-state index in [4.69, 9.17) is 0 Å². The Kier molecular flexibility index (Phi) is 9.68. The van der Waals surface area contributed by atoms with Crippen LogP contribution in [0, 0.1) is 58.2 Å². The van der Waals surface area contributed by atoms with Gasteiger partial charge in [0.1, 0.15) is 11.4 Å². The van der Waals surface area contributed by atoms with Crippen LogP contribution in [0.4, 0.5) is 66.7 Å². The van der Waals surface area contributed by atoms with Crippen LogP contribution >= 0.6 is 0 Å². The fourth-order valence-electron chi connectivity index (χ4n) is 14.4. The second-order valence-corrected chi connectivity index (χ2v) is 21.8. The second kappa shape index (κ2) is 15.4. The number of hydrogen-bond donors (Lipinski definition) is 0. The molecule has 8 aromatic carbocycles. The predicted molar refractivity (Wildman–Crippen MR) is 266 cm³/mol. The largest absolute Gasteiger partial charge is 0.329 e. The van der Waals surface area contributed by atoms with Crippen LogP contribution in [0.1, 0.15) is 101 Å². The molecule has 370 valence electrons. The van der Waals surface area contributed by atoms with Crippen molar-refractivity contribution in [1.29, 1.82) is 0 Å². The van der Waals surface area contributed by atoms with E-state index in [9.17, 15) is 26.3 Å². The smallest absolute Gasteiger partial charge is 0.200 e. The monoisotopic (exact) mass is 996 g/mol. The van der Waals surface area contributed by atoms with Gasteiger partial charge in [-0.25, -0.2) is 43.9 Å². The first-order chi connectivity index (χ1) is 34.8. The molecule has 5 aliphatic rings. The fourth-order valence-corrected chi connectivity index (χ4v) is 14.4. The second-order valence-electron chi connectivity index (χ2n) is 21.8. The highest BCUT2D eigenvalue weighted by Gasteiger charge is 2.60. The Labute approximate surface area is 414 Å². The molecule has 0 saturated heterocycles. The van der Waals surface area contributed by atoms with Gasteiger partial charge in [-0.1, -0.05) is 106 Å². The SMILES string of the molecule is CC12CCCCC1(C)N(c1c(F)c(F)c(F)c(F)c1F)c1ccc(-c3ccc4c(c3)Cc3c-4c4ccccc4c4cc(-c5ccc6c(c5)C5(C)CCCCC5(C)N6c5c(F)c(F)c(F)c(F)c5F)ccc34)cc12. The molecular formula is C61H46F10N2. The molecule has 13 rings (SSSR count). The molecule has 2 fully saturated rings. The zero-order valence-corrected chi connectivity index (χ0v) is 40.3. The van der Waals surface area contributed by atoms with Crippen LogP contribution in [0.25, 0.3) is 54.9 Å². The van der Waals surface area contributed by atoms with Gasteiger partial charge in [-0.05, 0) is 153 Å². The lowest BCUT2D eigenvalue weighted by atomic mass is 9.61. The van der Waals surface area contributed by atoms with E-state index in [1.54, 1.807) is 12.1 Å². The number of fused-ring (bicyclic) bond motifs is 14. The van der Waals surface area contributed by atoms with Crippen molar-refractivity contribution in [1.82, 2.24) is 0 Å². The van der Waals surface area contributed by atoms with Crippen LogP contribution in [0.15, 0.2) is 97.1 Å². The summed E-state index contributed by atoms with van der Waals surface area (Å²) >= 11 is 0. The molecule has 73 heavy (non-hydrogen) atoms. The Morgan fingerprint density at radius 2 is 0.795 bits per heavy atom. The third-order valence-electron chi connectivity index (χ3n) is 18.6. The maximum atomic E-state index is 15.7. The topological polar surface area (TPSA) is 6.48 Å². The molecule has 0 spiro atoms. The first-order valence-electron chi connectivity index (χ1n) is 24.9. The lowest BCUT2D eigenvalue weighted by Crippen LogP contribution is -2.55. The quantitative estimate of drug-likeness (QED) is 0.0750. The van der Waals surface area contributed by atoms with E-state index >= 15 is 17.6 Å². The molecule has 0 N–H and O–H groups in total. The van der Waals surface area contributed by atoms with Gasteiger partial charge in [0.15, 0.2) is 46.5 Å². The summed E-state index contributed by atoms with van der Waals surface area (Å²) in [7, 11) is 0. The first kappa shape index (κ1) is 46.0. The van der Waals surface area contributed by atoms with Crippen molar-refractivity contribution in [3.63, 3.8) is 0 Å². The fraction of sp³-hybridized carbons (Fsp3) is 0.279. The van der Waals surface area contributed by atoms with Gasteiger partial charge in [0.25, 0.3) is 0 Å². The van der Waals surface area contributed by atoms with Crippen LogP contribution in [0.3, 0.4) is 0 Å². The van der Waals surface area contributed by atoms with Crippen molar-refractivity contribution in [2.24, 2.45) is 0 Å². The third kappa shape index (κ3) is 5.78. The number of hydrogen-bond acceptors (Lipinski definition) is 2. The Morgan fingerprint density at radius 1 is 0.384 bits per heavy atom. The van der Waals surface area contributed by atoms with E-state index in [1.807, 2.05) is 64.1 Å². The van der Waals surface area contributed by atoms with Crippen LogP contribution in [-0.2, 0) is 17.3 Å². The van der Waals surface area contributed by atoms with Gasteiger partial charge in [0, 0.05) is 22.2 Å². The summed E-state index contributed by atoms with van der Waals surface area (Å²) in [4.78, 5) is 2.72. The highest BCUT2D eigenvalue weighted by molar-refractivity contribution is 6.18. The predicted octanol–water partition coefficient (Wildman–Crippen LogP) is 17.8. The van der Waals surface area contributed by atoms with Crippen molar-refractivity contribution in [3.05, 3.63) is 177 Å². The van der Waals surface area contributed by atoms with Gasteiger partial charge in [0.05, 0.1) is 11.1 Å². The van der Waals surface area contributed by atoms with E-state index in [0.717, 1.165) is 103 Å². The summed E-state index contributed by atoms with van der Waals surface area (Å²) in [5, 5.41) is 4.21. The third-order valence-corrected chi connectivity index (χ3v) is 18.6. The summed E-state index contributed by atoms with van der Waals surface area (Å²) in [6.45, 7) is 7.77. The maximum absolute atomic E-state index is 15.7. The van der Waals surface area contributed by atoms with E-state index < -0.39 is 91.5 Å². The summed E-state index contributed by atoms with van der Waals surface area (Å²) in [5.74, 6) is -19.7. The maximum Gasteiger partial charge on any atom is 0.200 e. The zero-order chi connectivity index (χ0) is 51.0. The minimum atomic E-state index is -2.19. The van der Waals surface area contributed by atoms with Gasteiger partial charge >= 0.3 is 0 Å².